The summed E-state index contributed by atoms with van der Waals surface area (Å²) in [4.78, 5) is 17.7. The Morgan fingerprint density at radius 1 is 1.29 bits per heavy atom. The molecule has 2 heterocycles. The van der Waals surface area contributed by atoms with Gasteiger partial charge in [-0.25, -0.2) is 0 Å². The number of hydrogen-bond acceptors (Lipinski definition) is 4. The van der Waals surface area contributed by atoms with Gasteiger partial charge in [-0.05, 0) is 39.2 Å². The Morgan fingerprint density at radius 2 is 2.00 bits per heavy atom. The van der Waals surface area contributed by atoms with Crippen LogP contribution in [0.2, 0.25) is 0 Å². The first kappa shape index (κ1) is 14.6. The lowest BCUT2D eigenvalue weighted by atomic mass is 9.82. The fourth-order valence-corrected chi connectivity index (χ4v) is 4.40. The number of piperazine rings is 1. The monoisotopic (exact) mass is 294 g/mol. The van der Waals surface area contributed by atoms with Gasteiger partial charge in [0, 0.05) is 25.2 Å². The number of rotatable bonds is 2. The summed E-state index contributed by atoms with van der Waals surface area (Å²) in [5.41, 5.74) is 5.16. The lowest BCUT2D eigenvalue weighted by Gasteiger charge is -2.45. The molecule has 0 aromatic heterocycles. The molecule has 1 saturated carbocycles. The number of hydrogen-bond donors (Lipinski definition) is 2. The summed E-state index contributed by atoms with van der Waals surface area (Å²) >= 11 is 0. The maximum absolute atomic E-state index is 13.2. The van der Waals surface area contributed by atoms with Gasteiger partial charge in [-0.2, -0.15) is 0 Å². The Bertz CT molecular complexity index is 445. The van der Waals surface area contributed by atoms with Gasteiger partial charge in [0.2, 0.25) is 5.91 Å². The second kappa shape index (κ2) is 5.48. The molecule has 2 saturated heterocycles. The fraction of sp³-hybridized carbons (Fsp3) is 0.867. The number of carbonyl (C=O) groups is 1. The van der Waals surface area contributed by atoms with Crippen LogP contribution in [0.15, 0.2) is 5.16 Å². The van der Waals surface area contributed by atoms with Crippen molar-refractivity contribution in [1.29, 1.82) is 0 Å². The van der Waals surface area contributed by atoms with Gasteiger partial charge >= 0.3 is 0 Å². The molecule has 1 amide bonds. The van der Waals surface area contributed by atoms with E-state index < -0.39 is 5.41 Å². The maximum Gasteiger partial charge on any atom is 0.236 e. The smallest absolute Gasteiger partial charge is 0.236 e. The summed E-state index contributed by atoms with van der Waals surface area (Å²) < 4.78 is 0. The van der Waals surface area contributed by atoms with Crippen LogP contribution in [-0.4, -0.2) is 58.5 Å². The number of nitrogens with zero attached hydrogens (tertiary/aromatic N) is 3. The van der Waals surface area contributed by atoms with Crippen LogP contribution in [0.5, 0.6) is 0 Å². The number of amides is 1. The first-order valence-electron chi connectivity index (χ1n) is 8.11. The number of amidine groups is 1. The average Bonchev–Trinajstić information content (AvgIpc) is 3.14. The molecule has 0 spiro atoms. The van der Waals surface area contributed by atoms with Crippen LogP contribution >= 0.6 is 0 Å². The predicted molar refractivity (Wildman–Crippen MR) is 80.1 cm³/mol. The Balaban J connectivity index is 1.82. The van der Waals surface area contributed by atoms with E-state index in [1.54, 1.807) is 0 Å². The van der Waals surface area contributed by atoms with E-state index in [4.69, 9.17) is 10.9 Å². The van der Waals surface area contributed by atoms with Gasteiger partial charge in [-0.1, -0.05) is 18.0 Å². The zero-order chi connectivity index (χ0) is 15.0. The molecule has 1 aliphatic carbocycles. The van der Waals surface area contributed by atoms with Gasteiger partial charge in [-0.3, -0.25) is 9.69 Å². The van der Waals surface area contributed by atoms with E-state index in [9.17, 15) is 4.79 Å². The van der Waals surface area contributed by atoms with Crippen LogP contribution in [0.25, 0.3) is 0 Å². The Labute approximate surface area is 125 Å². The summed E-state index contributed by atoms with van der Waals surface area (Å²) in [7, 11) is 0. The second-order valence-electron chi connectivity index (χ2n) is 6.87. The van der Waals surface area contributed by atoms with Crippen molar-refractivity contribution in [2.45, 2.75) is 57.5 Å². The quantitative estimate of drug-likeness (QED) is 0.344. The van der Waals surface area contributed by atoms with Gasteiger partial charge in [0.05, 0.1) is 0 Å². The highest BCUT2D eigenvalue weighted by atomic mass is 16.4. The molecule has 0 aromatic carbocycles. The third kappa shape index (κ3) is 2.29. The van der Waals surface area contributed by atoms with E-state index in [0.29, 0.717) is 18.9 Å². The summed E-state index contributed by atoms with van der Waals surface area (Å²) in [6, 6.07) is 0.701. The number of oxime groups is 1. The van der Waals surface area contributed by atoms with E-state index in [0.717, 1.165) is 32.5 Å². The molecule has 6 nitrogen and oxygen atoms in total. The zero-order valence-electron chi connectivity index (χ0n) is 12.8. The van der Waals surface area contributed by atoms with Gasteiger partial charge in [-0.15, -0.1) is 0 Å². The summed E-state index contributed by atoms with van der Waals surface area (Å²) in [6.07, 6.45) is 5.76. The Kier molecular flexibility index (Phi) is 3.82. The van der Waals surface area contributed by atoms with Crippen LogP contribution < -0.4 is 5.73 Å². The topological polar surface area (TPSA) is 82.2 Å². The number of carbonyl (C=O) groups excluding carboxylic acids is 1. The normalized spacial score (nSPS) is 33.2. The first-order chi connectivity index (χ1) is 10.1. The van der Waals surface area contributed by atoms with Crippen molar-refractivity contribution < 1.29 is 10.0 Å². The molecule has 6 heteroatoms. The highest BCUT2D eigenvalue weighted by Crippen LogP contribution is 2.41. The highest BCUT2D eigenvalue weighted by molar-refractivity contribution is 6.07. The molecule has 0 radical (unpaired) electrons. The van der Waals surface area contributed by atoms with Crippen molar-refractivity contribution >= 4 is 11.7 Å². The molecule has 2 unspecified atom stereocenters. The number of nitrogens with two attached hydrogens (primary N) is 1. The van der Waals surface area contributed by atoms with Crippen molar-refractivity contribution in [2.24, 2.45) is 16.3 Å². The second-order valence-corrected chi connectivity index (χ2v) is 6.87. The van der Waals surface area contributed by atoms with Crippen molar-refractivity contribution in [1.82, 2.24) is 9.80 Å². The lowest BCUT2D eigenvalue weighted by molar-refractivity contribution is -0.144. The molecule has 3 N–H and O–H groups in total. The van der Waals surface area contributed by atoms with Gasteiger partial charge in [0.1, 0.15) is 5.41 Å². The predicted octanol–water partition coefficient (Wildman–Crippen LogP) is 0.988. The van der Waals surface area contributed by atoms with Gasteiger partial charge < -0.3 is 15.8 Å². The minimum atomic E-state index is -0.760. The zero-order valence-corrected chi connectivity index (χ0v) is 12.8. The molecule has 2 aliphatic heterocycles. The minimum Gasteiger partial charge on any atom is -0.409 e. The molecule has 2 atom stereocenters. The third-order valence-electron chi connectivity index (χ3n) is 5.66. The average molecular weight is 294 g/mol. The highest BCUT2D eigenvalue weighted by Gasteiger charge is 2.50. The van der Waals surface area contributed by atoms with Crippen molar-refractivity contribution in [3.8, 4) is 0 Å². The molecular weight excluding hydrogens is 268 g/mol. The van der Waals surface area contributed by atoms with E-state index in [1.165, 1.54) is 12.8 Å². The van der Waals surface area contributed by atoms with Crippen molar-refractivity contribution in [3.63, 3.8) is 0 Å². The van der Waals surface area contributed by atoms with Crippen LogP contribution in [0.3, 0.4) is 0 Å². The molecular formula is C15H26N4O2. The van der Waals surface area contributed by atoms with Crippen molar-refractivity contribution in [2.75, 3.05) is 19.6 Å². The maximum atomic E-state index is 13.2. The summed E-state index contributed by atoms with van der Waals surface area (Å²) in [5.74, 6) is 0.181. The fourth-order valence-electron chi connectivity index (χ4n) is 4.40. The summed E-state index contributed by atoms with van der Waals surface area (Å²) in [5, 5.41) is 12.3. The molecule has 3 fully saturated rings. The Hall–Kier alpha value is -1.30. The molecule has 21 heavy (non-hydrogen) atoms. The van der Waals surface area contributed by atoms with Gasteiger partial charge in [0.25, 0.3) is 0 Å². The van der Waals surface area contributed by atoms with Crippen LogP contribution in [-0.2, 0) is 4.79 Å². The van der Waals surface area contributed by atoms with Crippen LogP contribution in [0.1, 0.15) is 45.4 Å². The lowest BCUT2D eigenvalue weighted by Crippen LogP contribution is -2.61. The van der Waals surface area contributed by atoms with E-state index in [1.807, 2.05) is 4.90 Å². The van der Waals surface area contributed by atoms with Gasteiger partial charge in [0.15, 0.2) is 5.84 Å². The Morgan fingerprint density at radius 3 is 2.67 bits per heavy atom. The van der Waals surface area contributed by atoms with Crippen LogP contribution in [0, 0.1) is 5.41 Å². The first-order valence-corrected chi connectivity index (χ1v) is 8.11. The SMILES string of the molecule is CC1CN2CCCC2CN1C(=O)C1(C(N)=NO)CCCC1. The standard InChI is InChI=1S/C15H26N4O2/c1-11-9-18-8-4-5-12(18)10-19(11)14(20)15(13(16)17-21)6-2-3-7-15/h11-12,21H,2-10H2,1H3,(H2,16,17). The molecule has 0 bridgehead atoms. The van der Waals surface area contributed by atoms with Crippen molar-refractivity contribution in [3.05, 3.63) is 0 Å². The van der Waals surface area contributed by atoms with E-state index in [-0.39, 0.29) is 17.8 Å². The van der Waals surface area contributed by atoms with E-state index >= 15 is 0 Å². The summed E-state index contributed by atoms with van der Waals surface area (Å²) in [6.45, 7) is 5.01. The molecule has 3 aliphatic rings. The number of fused-ring (bicyclic) bond motifs is 1. The van der Waals surface area contributed by atoms with E-state index in [2.05, 4.69) is 17.0 Å². The largest absolute Gasteiger partial charge is 0.409 e. The van der Waals surface area contributed by atoms with Crippen LogP contribution in [0.4, 0.5) is 0 Å². The molecule has 0 aromatic rings. The third-order valence-corrected chi connectivity index (χ3v) is 5.66. The minimum absolute atomic E-state index is 0.0781. The molecule has 118 valence electrons. The molecule has 3 rings (SSSR count).